The van der Waals surface area contributed by atoms with Gasteiger partial charge in [0, 0.05) is 21.8 Å². The van der Waals surface area contributed by atoms with E-state index in [1.165, 1.54) is 17.0 Å². The number of nitrogens with two attached hydrogens (primary N) is 1. The van der Waals surface area contributed by atoms with Crippen LogP contribution in [-0.4, -0.2) is 5.91 Å². The third-order valence-corrected chi connectivity index (χ3v) is 3.74. The average molecular weight is 309 g/mol. The summed E-state index contributed by atoms with van der Waals surface area (Å²) in [5, 5.41) is 0.468. The fourth-order valence-electron chi connectivity index (χ4n) is 2.44. The minimum Gasteiger partial charge on any atom is -0.316 e. The van der Waals surface area contributed by atoms with Crippen LogP contribution < -0.4 is 10.6 Å². The van der Waals surface area contributed by atoms with E-state index in [1.54, 1.807) is 18.2 Å². The first-order valence-electron chi connectivity index (χ1n) is 6.28. The number of carbonyl (C=O) groups is 1. The minimum absolute atomic E-state index is 0.0786. The Balaban J connectivity index is 2.01. The van der Waals surface area contributed by atoms with Gasteiger partial charge in [0.15, 0.2) is 11.6 Å². The minimum atomic E-state index is -0.957. The van der Waals surface area contributed by atoms with Crippen LogP contribution in [0.2, 0.25) is 5.02 Å². The first-order valence-corrected chi connectivity index (χ1v) is 6.66. The van der Waals surface area contributed by atoms with Crippen LogP contribution in [0, 0.1) is 11.6 Å². The molecule has 21 heavy (non-hydrogen) atoms. The SMILES string of the molecule is NC1C(=O)N(Cc2cccc(F)c2F)c2ccc(Cl)cc21. The number of anilines is 1. The topological polar surface area (TPSA) is 46.3 Å². The molecule has 0 aliphatic carbocycles. The first kappa shape index (κ1) is 14.0. The number of halogens is 3. The molecule has 1 atom stereocenters. The molecule has 1 aliphatic rings. The van der Waals surface area contributed by atoms with Gasteiger partial charge in [0.1, 0.15) is 6.04 Å². The van der Waals surface area contributed by atoms with Crippen LogP contribution in [0.4, 0.5) is 14.5 Å². The van der Waals surface area contributed by atoms with Gasteiger partial charge in [0.25, 0.3) is 0 Å². The van der Waals surface area contributed by atoms with Crippen molar-refractivity contribution >= 4 is 23.2 Å². The summed E-state index contributed by atoms with van der Waals surface area (Å²) in [6.45, 7) is -0.0786. The van der Waals surface area contributed by atoms with Crippen molar-refractivity contribution in [2.45, 2.75) is 12.6 Å². The summed E-state index contributed by atoms with van der Waals surface area (Å²) >= 11 is 5.90. The van der Waals surface area contributed by atoms with Gasteiger partial charge in [0.05, 0.1) is 6.54 Å². The molecule has 2 aromatic rings. The first-order chi connectivity index (χ1) is 9.99. The van der Waals surface area contributed by atoms with Crippen LogP contribution in [0.15, 0.2) is 36.4 Å². The molecule has 0 saturated heterocycles. The number of benzene rings is 2. The van der Waals surface area contributed by atoms with Crippen LogP contribution >= 0.6 is 11.6 Å². The molecule has 2 aromatic carbocycles. The molecular formula is C15H11ClF2N2O. The lowest BCUT2D eigenvalue weighted by atomic mass is 10.1. The zero-order valence-corrected chi connectivity index (χ0v) is 11.6. The van der Waals surface area contributed by atoms with Crippen molar-refractivity contribution in [3.05, 3.63) is 64.2 Å². The lowest BCUT2D eigenvalue weighted by Gasteiger charge is -2.18. The maximum Gasteiger partial charge on any atom is 0.248 e. The molecular weight excluding hydrogens is 298 g/mol. The molecule has 1 heterocycles. The van der Waals surface area contributed by atoms with Gasteiger partial charge in [0.2, 0.25) is 5.91 Å². The number of nitrogens with zero attached hydrogens (tertiary/aromatic N) is 1. The summed E-state index contributed by atoms with van der Waals surface area (Å²) < 4.78 is 27.0. The highest BCUT2D eigenvalue weighted by Gasteiger charge is 2.35. The highest BCUT2D eigenvalue weighted by atomic mass is 35.5. The Kier molecular flexibility index (Phi) is 3.39. The van der Waals surface area contributed by atoms with Crippen LogP contribution in [0.3, 0.4) is 0 Å². The van der Waals surface area contributed by atoms with Gasteiger partial charge in [-0.25, -0.2) is 8.78 Å². The van der Waals surface area contributed by atoms with E-state index in [1.807, 2.05) is 0 Å². The highest BCUT2D eigenvalue weighted by Crippen LogP contribution is 2.37. The monoisotopic (exact) mass is 308 g/mol. The molecule has 6 heteroatoms. The third kappa shape index (κ3) is 2.28. The molecule has 1 amide bonds. The average Bonchev–Trinajstić information content (AvgIpc) is 2.69. The van der Waals surface area contributed by atoms with Crippen molar-refractivity contribution in [2.75, 3.05) is 4.90 Å². The fraction of sp³-hybridized carbons (Fsp3) is 0.133. The van der Waals surface area contributed by atoms with Crippen molar-refractivity contribution in [3.8, 4) is 0 Å². The molecule has 0 fully saturated rings. The summed E-state index contributed by atoms with van der Waals surface area (Å²) in [7, 11) is 0. The summed E-state index contributed by atoms with van der Waals surface area (Å²) in [6.07, 6.45) is 0. The summed E-state index contributed by atoms with van der Waals surface area (Å²) in [6, 6.07) is 7.92. The van der Waals surface area contributed by atoms with E-state index in [2.05, 4.69) is 0 Å². The molecule has 1 unspecified atom stereocenters. The lowest BCUT2D eigenvalue weighted by Crippen LogP contribution is -2.31. The number of hydrogen-bond acceptors (Lipinski definition) is 2. The summed E-state index contributed by atoms with van der Waals surface area (Å²) in [5.41, 5.74) is 7.11. The molecule has 0 bridgehead atoms. The van der Waals surface area contributed by atoms with Crippen molar-refractivity contribution in [1.29, 1.82) is 0 Å². The maximum absolute atomic E-state index is 13.8. The van der Waals surface area contributed by atoms with E-state index in [9.17, 15) is 13.6 Å². The smallest absolute Gasteiger partial charge is 0.248 e. The molecule has 3 nitrogen and oxygen atoms in total. The quantitative estimate of drug-likeness (QED) is 0.926. The standard InChI is InChI=1S/C15H11ClF2N2O/c16-9-4-5-12-10(6-9)14(19)15(21)20(12)7-8-2-1-3-11(17)13(8)18/h1-6,14H,7,19H2. The number of rotatable bonds is 2. The number of hydrogen-bond donors (Lipinski definition) is 1. The third-order valence-electron chi connectivity index (χ3n) is 3.51. The number of fused-ring (bicyclic) bond motifs is 1. The second-order valence-electron chi connectivity index (χ2n) is 4.82. The van der Waals surface area contributed by atoms with E-state index in [0.29, 0.717) is 16.3 Å². The van der Waals surface area contributed by atoms with Gasteiger partial charge in [-0.05, 0) is 24.3 Å². The Morgan fingerprint density at radius 3 is 2.76 bits per heavy atom. The fourth-order valence-corrected chi connectivity index (χ4v) is 2.62. The zero-order valence-electron chi connectivity index (χ0n) is 10.8. The number of amides is 1. The highest BCUT2D eigenvalue weighted by molar-refractivity contribution is 6.31. The molecule has 0 spiro atoms. The largest absolute Gasteiger partial charge is 0.316 e. The molecule has 0 aromatic heterocycles. The van der Waals surface area contributed by atoms with E-state index in [0.717, 1.165) is 6.07 Å². The van der Waals surface area contributed by atoms with Gasteiger partial charge in [-0.15, -0.1) is 0 Å². The molecule has 0 radical (unpaired) electrons. The zero-order chi connectivity index (χ0) is 15.1. The van der Waals surface area contributed by atoms with Gasteiger partial charge in [-0.3, -0.25) is 4.79 Å². The van der Waals surface area contributed by atoms with Gasteiger partial charge in [-0.1, -0.05) is 23.7 Å². The van der Waals surface area contributed by atoms with E-state index >= 15 is 0 Å². The molecule has 2 N–H and O–H groups in total. The summed E-state index contributed by atoms with van der Waals surface area (Å²) in [5.74, 6) is -2.27. The van der Waals surface area contributed by atoms with Gasteiger partial charge in [-0.2, -0.15) is 0 Å². The van der Waals surface area contributed by atoms with Crippen LogP contribution in [-0.2, 0) is 11.3 Å². The van der Waals surface area contributed by atoms with E-state index in [4.69, 9.17) is 17.3 Å². The van der Waals surface area contributed by atoms with Crippen molar-refractivity contribution < 1.29 is 13.6 Å². The molecule has 1 aliphatic heterocycles. The van der Waals surface area contributed by atoms with Crippen LogP contribution in [0.1, 0.15) is 17.2 Å². The molecule has 0 saturated carbocycles. The van der Waals surface area contributed by atoms with E-state index < -0.39 is 17.7 Å². The molecule has 108 valence electrons. The van der Waals surface area contributed by atoms with Crippen LogP contribution in [0.25, 0.3) is 0 Å². The second kappa shape index (κ2) is 5.09. The van der Waals surface area contributed by atoms with Gasteiger partial charge >= 0.3 is 0 Å². The second-order valence-corrected chi connectivity index (χ2v) is 5.25. The predicted molar refractivity (Wildman–Crippen MR) is 75.9 cm³/mol. The van der Waals surface area contributed by atoms with Crippen molar-refractivity contribution in [3.63, 3.8) is 0 Å². The maximum atomic E-state index is 13.8. The number of carbonyl (C=O) groups excluding carboxylic acids is 1. The predicted octanol–water partition coefficient (Wildman–Crippen LogP) is 3.16. The Morgan fingerprint density at radius 2 is 2.00 bits per heavy atom. The van der Waals surface area contributed by atoms with Crippen molar-refractivity contribution in [2.24, 2.45) is 5.73 Å². The lowest BCUT2D eigenvalue weighted by molar-refractivity contribution is -0.119. The Hall–Kier alpha value is -1.98. The van der Waals surface area contributed by atoms with E-state index in [-0.39, 0.29) is 18.0 Å². The summed E-state index contributed by atoms with van der Waals surface area (Å²) in [4.78, 5) is 13.6. The van der Waals surface area contributed by atoms with Gasteiger partial charge < -0.3 is 10.6 Å². The van der Waals surface area contributed by atoms with Crippen LogP contribution in [0.5, 0.6) is 0 Å². The Morgan fingerprint density at radius 1 is 1.24 bits per heavy atom. The Bertz CT molecular complexity index is 736. The normalized spacial score (nSPS) is 17.2. The Labute approximate surface area is 124 Å². The van der Waals surface area contributed by atoms with Crippen molar-refractivity contribution in [1.82, 2.24) is 0 Å². The molecule has 3 rings (SSSR count).